The third-order valence-corrected chi connectivity index (χ3v) is 5.31. The van der Waals surface area contributed by atoms with E-state index in [1.54, 1.807) is 36.7 Å². The van der Waals surface area contributed by atoms with Crippen LogP contribution in [0.3, 0.4) is 0 Å². The van der Waals surface area contributed by atoms with E-state index in [1.165, 1.54) is 4.90 Å². The van der Waals surface area contributed by atoms with Gasteiger partial charge in [-0.2, -0.15) is 0 Å². The number of carbonyl (C=O) groups is 2. The van der Waals surface area contributed by atoms with Gasteiger partial charge in [-0.05, 0) is 37.8 Å². The summed E-state index contributed by atoms with van der Waals surface area (Å²) in [7, 11) is 0. The van der Waals surface area contributed by atoms with E-state index in [9.17, 15) is 9.59 Å². The fourth-order valence-electron chi connectivity index (χ4n) is 3.69. The molecule has 0 saturated heterocycles. The van der Waals surface area contributed by atoms with Crippen LogP contribution in [0.5, 0.6) is 0 Å². The van der Waals surface area contributed by atoms with Crippen molar-refractivity contribution in [3.63, 3.8) is 0 Å². The Morgan fingerprint density at radius 3 is 2.30 bits per heavy atom. The van der Waals surface area contributed by atoms with Crippen molar-refractivity contribution in [2.75, 3.05) is 18.4 Å². The van der Waals surface area contributed by atoms with Gasteiger partial charge in [-0.25, -0.2) is 9.97 Å². The predicted octanol–water partition coefficient (Wildman–Crippen LogP) is 3.05. The van der Waals surface area contributed by atoms with E-state index in [4.69, 9.17) is 0 Å². The van der Waals surface area contributed by atoms with Crippen molar-refractivity contribution in [1.82, 2.24) is 24.0 Å². The van der Waals surface area contributed by atoms with Gasteiger partial charge in [-0.1, -0.05) is 12.1 Å². The zero-order valence-corrected chi connectivity index (χ0v) is 16.9. The summed E-state index contributed by atoms with van der Waals surface area (Å²) in [6, 6.07) is 7.01. The number of aromatic nitrogens is 4. The summed E-state index contributed by atoms with van der Waals surface area (Å²) < 4.78 is 4.16. The highest BCUT2D eigenvalue weighted by Crippen LogP contribution is 2.22. The summed E-state index contributed by atoms with van der Waals surface area (Å²) in [5.74, 6) is 0.492. The molecule has 156 valence electrons. The number of nitrogens with one attached hydrogen (secondary N) is 1. The molecule has 0 spiro atoms. The first-order chi connectivity index (χ1) is 14.7. The number of imide groups is 1. The number of benzene rings is 1. The van der Waals surface area contributed by atoms with Crippen molar-refractivity contribution in [2.45, 2.75) is 38.8 Å². The first-order valence-corrected chi connectivity index (χ1v) is 10.4. The summed E-state index contributed by atoms with van der Waals surface area (Å²) in [6.45, 7) is 3.06. The van der Waals surface area contributed by atoms with E-state index in [0.717, 1.165) is 51.3 Å². The van der Waals surface area contributed by atoms with E-state index in [2.05, 4.69) is 24.4 Å². The Labute approximate surface area is 175 Å². The zero-order chi connectivity index (χ0) is 20.8. The molecule has 2 amide bonds. The van der Waals surface area contributed by atoms with Crippen molar-refractivity contribution in [3.8, 4) is 0 Å². The Morgan fingerprint density at radius 1 is 0.833 bits per heavy atom. The van der Waals surface area contributed by atoms with Gasteiger partial charge in [0.15, 0.2) is 0 Å². The number of carbonyl (C=O) groups excluding carboxylic acids is 2. The quantitative estimate of drug-likeness (QED) is 0.391. The summed E-state index contributed by atoms with van der Waals surface area (Å²) in [6.07, 6.45) is 13.1. The number of imidazole rings is 2. The number of unbranched alkanes of at least 4 members (excludes halogenated alkanes) is 2. The van der Waals surface area contributed by atoms with E-state index in [-0.39, 0.29) is 11.8 Å². The first-order valence-electron chi connectivity index (χ1n) is 10.4. The van der Waals surface area contributed by atoms with Gasteiger partial charge in [0.25, 0.3) is 11.8 Å². The fourth-order valence-corrected chi connectivity index (χ4v) is 3.69. The Hall–Kier alpha value is -3.42. The number of amides is 2. The topological polar surface area (TPSA) is 85.0 Å². The van der Waals surface area contributed by atoms with Crippen molar-refractivity contribution in [1.29, 1.82) is 0 Å². The number of hydrogen-bond acceptors (Lipinski definition) is 5. The maximum absolute atomic E-state index is 12.4. The van der Waals surface area contributed by atoms with E-state index >= 15 is 0 Å². The molecule has 0 fully saturated rings. The van der Waals surface area contributed by atoms with Gasteiger partial charge in [-0.3, -0.25) is 14.5 Å². The lowest BCUT2D eigenvalue weighted by atomic mass is 10.1. The molecule has 0 unspecified atom stereocenters. The maximum atomic E-state index is 12.4. The highest BCUT2D eigenvalue weighted by molar-refractivity contribution is 6.21. The molecule has 1 aromatic carbocycles. The zero-order valence-electron chi connectivity index (χ0n) is 16.9. The first kappa shape index (κ1) is 19.9. The molecule has 0 bridgehead atoms. The second-order valence-electron chi connectivity index (χ2n) is 7.39. The molecule has 0 saturated carbocycles. The molecule has 1 N–H and O–H groups in total. The van der Waals surface area contributed by atoms with Crippen molar-refractivity contribution >= 4 is 17.8 Å². The number of rotatable bonds is 11. The van der Waals surface area contributed by atoms with Crippen LogP contribution >= 0.6 is 0 Å². The third kappa shape index (κ3) is 4.42. The highest BCUT2D eigenvalue weighted by atomic mass is 16.2. The minimum atomic E-state index is -0.184. The van der Waals surface area contributed by atoms with E-state index in [1.807, 2.05) is 18.7 Å². The van der Waals surface area contributed by atoms with Gasteiger partial charge in [0, 0.05) is 51.0 Å². The Kier molecular flexibility index (Phi) is 6.22. The second-order valence-corrected chi connectivity index (χ2v) is 7.39. The lowest BCUT2D eigenvalue weighted by Crippen LogP contribution is -2.30. The van der Waals surface area contributed by atoms with E-state index in [0.29, 0.717) is 17.7 Å². The van der Waals surface area contributed by atoms with Crippen LogP contribution in [0.15, 0.2) is 55.4 Å². The van der Waals surface area contributed by atoms with Crippen molar-refractivity contribution in [3.05, 3.63) is 66.5 Å². The van der Waals surface area contributed by atoms with Crippen LogP contribution in [-0.4, -0.2) is 48.9 Å². The van der Waals surface area contributed by atoms with Gasteiger partial charge >= 0.3 is 0 Å². The largest absolute Gasteiger partial charge is 0.356 e. The normalized spacial score (nSPS) is 13.1. The average Bonchev–Trinajstić information content (AvgIpc) is 3.49. The SMILES string of the molecule is O=C1c2ccccc2C(=O)N1CCCCn1ccnc1NCCCCn1ccnc1. The number of hydrogen-bond donors (Lipinski definition) is 1. The lowest BCUT2D eigenvalue weighted by Gasteiger charge is -2.14. The molecule has 1 aliphatic rings. The summed E-state index contributed by atoms with van der Waals surface area (Å²) in [5.41, 5.74) is 1.02. The Balaban J connectivity index is 1.17. The molecule has 30 heavy (non-hydrogen) atoms. The standard InChI is InChI=1S/C22H26N6O2/c29-20-18-7-1-2-8-19(18)21(30)28(20)14-6-5-13-27-16-11-25-22(27)24-9-3-4-12-26-15-10-23-17-26/h1-2,7-8,10-11,15-17H,3-6,9,12-14H2,(H,24,25). The minimum Gasteiger partial charge on any atom is -0.356 e. The van der Waals surface area contributed by atoms with Crippen LogP contribution in [0.25, 0.3) is 0 Å². The third-order valence-electron chi connectivity index (χ3n) is 5.31. The number of anilines is 1. The molecule has 0 atom stereocenters. The molecule has 1 aliphatic heterocycles. The van der Waals surface area contributed by atoms with Gasteiger partial charge in [0.2, 0.25) is 5.95 Å². The molecular weight excluding hydrogens is 380 g/mol. The monoisotopic (exact) mass is 406 g/mol. The van der Waals surface area contributed by atoms with Crippen molar-refractivity contribution in [2.24, 2.45) is 0 Å². The fraction of sp³-hybridized carbons (Fsp3) is 0.364. The molecule has 4 rings (SSSR count). The van der Waals surface area contributed by atoms with Crippen LogP contribution in [0.4, 0.5) is 5.95 Å². The van der Waals surface area contributed by atoms with Crippen LogP contribution in [0, 0.1) is 0 Å². The van der Waals surface area contributed by atoms with Gasteiger partial charge < -0.3 is 14.5 Å². The molecular formula is C22H26N6O2. The Morgan fingerprint density at radius 2 is 1.57 bits per heavy atom. The van der Waals surface area contributed by atoms with Gasteiger partial charge in [-0.15, -0.1) is 0 Å². The van der Waals surface area contributed by atoms with Crippen LogP contribution in [0.1, 0.15) is 46.4 Å². The smallest absolute Gasteiger partial charge is 0.261 e. The average molecular weight is 406 g/mol. The number of aryl methyl sites for hydroxylation is 2. The van der Waals surface area contributed by atoms with E-state index < -0.39 is 0 Å². The predicted molar refractivity (Wildman–Crippen MR) is 113 cm³/mol. The molecule has 8 heteroatoms. The molecule has 0 aliphatic carbocycles. The van der Waals surface area contributed by atoms with Gasteiger partial charge in [0.05, 0.1) is 17.5 Å². The van der Waals surface area contributed by atoms with Gasteiger partial charge in [0.1, 0.15) is 0 Å². The second kappa shape index (κ2) is 9.39. The maximum Gasteiger partial charge on any atom is 0.261 e. The lowest BCUT2D eigenvalue weighted by molar-refractivity contribution is 0.0651. The molecule has 3 aromatic rings. The highest BCUT2D eigenvalue weighted by Gasteiger charge is 2.34. The molecule has 2 aromatic heterocycles. The summed E-state index contributed by atoms with van der Waals surface area (Å²) >= 11 is 0. The van der Waals surface area contributed by atoms with Crippen LogP contribution in [0.2, 0.25) is 0 Å². The minimum absolute atomic E-state index is 0.184. The Bertz CT molecular complexity index is 960. The summed E-state index contributed by atoms with van der Waals surface area (Å²) in [4.78, 5) is 34.6. The molecule has 3 heterocycles. The van der Waals surface area contributed by atoms with Crippen LogP contribution < -0.4 is 5.32 Å². The number of fused-ring (bicyclic) bond motifs is 1. The van der Waals surface area contributed by atoms with Crippen LogP contribution in [-0.2, 0) is 13.1 Å². The van der Waals surface area contributed by atoms with Crippen molar-refractivity contribution < 1.29 is 9.59 Å². The number of nitrogens with zero attached hydrogens (tertiary/aromatic N) is 5. The molecule has 8 nitrogen and oxygen atoms in total. The summed E-state index contributed by atoms with van der Waals surface area (Å²) in [5, 5.41) is 3.39. The molecule has 0 radical (unpaired) electrons.